The predicted octanol–water partition coefficient (Wildman–Crippen LogP) is 2.48. The number of amides is 1. The molecule has 1 amide bonds. The highest BCUT2D eigenvalue weighted by Gasteiger charge is 2.29. The van der Waals surface area contributed by atoms with Crippen molar-refractivity contribution in [1.29, 1.82) is 0 Å². The fraction of sp³-hybridized carbons (Fsp3) is 0.588. The lowest BCUT2D eigenvalue weighted by Gasteiger charge is -2.35. The second kappa shape index (κ2) is 7.05. The first kappa shape index (κ1) is 16.0. The number of nitrogens with one attached hydrogen (secondary N) is 1. The number of aryl methyl sites for hydroxylation is 2. The molecule has 2 rings (SSSR count). The zero-order valence-electron chi connectivity index (χ0n) is 13.2. The number of anilines is 1. The van der Waals surface area contributed by atoms with Gasteiger partial charge in [0, 0.05) is 12.2 Å². The summed E-state index contributed by atoms with van der Waals surface area (Å²) in [5.74, 6) is 0.0488. The third-order valence-electron chi connectivity index (χ3n) is 4.14. The summed E-state index contributed by atoms with van der Waals surface area (Å²) >= 11 is 0. The van der Waals surface area contributed by atoms with Crippen LogP contribution in [0.4, 0.5) is 5.69 Å². The minimum Gasteiger partial charge on any atom is -0.392 e. The molecule has 2 atom stereocenters. The van der Waals surface area contributed by atoms with Crippen molar-refractivity contribution in [3.05, 3.63) is 29.3 Å². The van der Waals surface area contributed by atoms with Crippen molar-refractivity contribution in [2.45, 2.75) is 52.2 Å². The highest BCUT2D eigenvalue weighted by atomic mass is 16.3. The average Bonchev–Trinajstić information content (AvgIpc) is 2.43. The first-order valence-electron chi connectivity index (χ1n) is 7.78. The van der Waals surface area contributed by atoms with Crippen LogP contribution < -0.4 is 5.32 Å². The van der Waals surface area contributed by atoms with Crippen molar-refractivity contribution in [3.8, 4) is 0 Å². The highest BCUT2D eigenvalue weighted by molar-refractivity contribution is 5.96. The van der Waals surface area contributed by atoms with Crippen LogP contribution in [0.25, 0.3) is 0 Å². The summed E-state index contributed by atoms with van der Waals surface area (Å²) in [6, 6.07) is 5.89. The molecule has 1 saturated heterocycles. The van der Waals surface area contributed by atoms with Crippen LogP contribution >= 0.6 is 0 Å². The van der Waals surface area contributed by atoms with Crippen molar-refractivity contribution in [2.75, 3.05) is 18.4 Å². The zero-order chi connectivity index (χ0) is 15.4. The van der Waals surface area contributed by atoms with E-state index in [1.54, 1.807) is 6.92 Å². The Morgan fingerprint density at radius 2 is 2.05 bits per heavy atom. The fourth-order valence-corrected chi connectivity index (χ4v) is 3.06. The predicted molar refractivity (Wildman–Crippen MR) is 85.4 cm³/mol. The second-order valence-electron chi connectivity index (χ2n) is 6.11. The van der Waals surface area contributed by atoms with Crippen LogP contribution in [0.5, 0.6) is 0 Å². The smallest absolute Gasteiger partial charge is 0.241 e. The third-order valence-corrected chi connectivity index (χ3v) is 4.14. The van der Waals surface area contributed by atoms with Gasteiger partial charge in [-0.25, -0.2) is 0 Å². The minimum atomic E-state index is -0.404. The summed E-state index contributed by atoms with van der Waals surface area (Å²) < 4.78 is 0. The van der Waals surface area contributed by atoms with E-state index in [1.807, 2.05) is 32.0 Å². The molecule has 1 aromatic carbocycles. The Morgan fingerprint density at radius 1 is 1.38 bits per heavy atom. The summed E-state index contributed by atoms with van der Waals surface area (Å²) in [6.45, 7) is 7.24. The van der Waals surface area contributed by atoms with Gasteiger partial charge in [0.05, 0.1) is 12.1 Å². The quantitative estimate of drug-likeness (QED) is 0.895. The molecule has 1 aliphatic rings. The molecule has 2 N–H and O–H groups in total. The van der Waals surface area contributed by atoms with Gasteiger partial charge in [0.2, 0.25) is 5.91 Å². The van der Waals surface area contributed by atoms with Crippen LogP contribution in [-0.4, -0.2) is 41.1 Å². The van der Waals surface area contributed by atoms with Gasteiger partial charge in [0.25, 0.3) is 0 Å². The number of aliphatic hydroxyl groups is 1. The highest BCUT2D eigenvalue weighted by Crippen LogP contribution is 2.23. The van der Waals surface area contributed by atoms with E-state index in [9.17, 15) is 9.90 Å². The van der Waals surface area contributed by atoms with Gasteiger partial charge in [-0.15, -0.1) is 0 Å². The molecule has 21 heavy (non-hydrogen) atoms. The van der Waals surface area contributed by atoms with Crippen molar-refractivity contribution < 1.29 is 9.90 Å². The number of aliphatic hydroxyl groups excluding tert-OH is 1. The molecule has 4 nitrogen and oxygen atoms in total. The molecular weight excluding hydrogens is 264 g/mol. The van der Waals surface area contributed by atoms with Gasteiger partial charge in [0.15, 0.2) is 0 Å². The van der Waals surface area contributed by atoms with E-state index in [-0.39, 0.29) is 11.9 Å². The molecule has 0 radical (unpaired) electrons. The average molecular weight is 290 g/mol. The van der Waals surface area contributed by atoms with Crippen molar-refractivity contribution >= 4 is 11.6 Å². The van der Waals surface area contributed by atoms with E-state index in [1.165, 1.54) is 0 Å². The van der Waals surface area contributed by atoms with E-state index in [0.29, 0.717) is 6.54 Å². The molecule has 1 aliphatic heterocycles. The molecular formula is C17H26N2O2. The number of rotatable bonds is 4. The number of carbonyl (C=O) groups excluding carboxylic acids is 1. The Labute approximate surface area is 127 Å². The van der Waals surface area contributed by atoms with Crippen molar-refractivity contribution in [2.24, 2.45) is 0 Å². The summed E-state index contributed by atoms with van der Waals surface area (Å²) in [5, 5.41) is 12.7. The van der Waals surface area contributed by atoms with Crippen LogP contribution in [0, 0.1) is 13.8 Å². The van der Waals surface area contributed by atoms with Crippen LogP contribution in [0.15, 0.2) is 18.2 Å². The molecule has 0 aliphatic carbocycles. The molecule has 0 aromatic heterocycles. The molecule has 0 bridgehead atoms. The molecule has 1 heterocycles. The largest absolute Gasteiger partial charge is 0.392 e. The number of para-hydroxylation sites is 1. The molecule has 1 aromatic rings. The SMILES string of the molecule is Cc1cccc(C)c1NC(=O)[C@@H]1CCCCN1CC(C)O. The standard InChI is InChI=1S/C17H26N2O2/c1-12-7-6-8-13(2)16(12)18-17(21)15-9-4-5-10-19(15)11-14(3)20/h6-8,14-15,20H,4-5,9-11H2,1-3H3,(H,18,21)/t14?,15-/m0/s1. The Bertz CT molecular complexity index is 479. The maximum atomic E-state index is 12.6. The number of likely N-dealkylation sites (tertiary alicyclic amines) is 1. The van der Waals surface area contributed by atoms with E-state index < -0.39 is 6.10 Å². The summed E-state index contributed by atoms with van der Waals surface area (Å²) in [6.07, 6.45) is 2.63. The number of benzene rings is 1. The summed E-state index contributed by atoms with van der Waals surface area (Å²) in [5.41, 5.74) is 3.09. The topological polar surface area (TPSA) is 52.6 Å². The van der Waals surface area contributed by atoms with Gasteiger partial charge in [-0.05, 0) is 51.3 Å². The number of carbonyl (C=O) groups is 1. The summed E-state index contributed by atoms with van der Waals surface area (Å²) in [7, 11) is 0. The van der Waals surface area contributed by atoms with Crippen LogP contribution in [0.3, 0.4) is 0 Å². The second-order valence-corrected chi connectivity index (χ2v) is 6.11. The number of piperidine rings is 1. The van der Waals surface area contributed by atoms with Crippen LogP contribution in [0.1, 0.15) is 37.3 Å². The van der Waals surface area contributed by atoms with E-state index in [2.05, 4.69) is 10.2 Å². The molecule has 1 fully saturated rings. The first-order chi connectivity index (χ1) is 9.99. The normalized spacial score (nSPS) is 21.0. The Hall–Kier alpha value is -1.39. The van der Waals surface area contributed by atoms with E-state index in [0.717, 1.165) is 42.6 Å². The fourth-order valence-electron chi connectivity index (χ4n) is 3.06. The minimum absolute atomic E-state index is 0.0488. The van der Waals surface area contributed by atoms with Gasteiger partial charge in [-0.3, -0.25) is 9.69 Å². The Morgan fingerprint density at radius 3 is 2.67 bits per heavy atom. The molecule has 0 saturated carbocycles. The molecule has 0 spiro atoms. The van der Waals surface area contributed by atoms with Gasteiger partial charge in [-0.2, -0.15) is 0 Å². The zero-order valence-corrected chi connectivity index (χ0v) is 13.2. The monoisotopic (exact) mass is 290 g/mol. The third kappa shape index (κ3) is 4.05. The maximum absolute atomic E-state index is 12.6. The lowest BCUT2D eigenvalue weighted by atomic mass is 10.00. The number of hydrogen-bond acceptors (Lipinski definition) is 3. The van der Waals surface area contributed by atoms with E-state index >= 15 is 0 Å². The first-order valence-corrected chi connectivity index (χ1v) is 7.78. The Balaban J connectivity index is 2.10. The lowest BCUT2D eigenvalue weighted by molar-refractivity contribution is -0.123. The lowest BCUT2D eigenvalue weighted by Crippen LogP contribution is -2.49. The van der Waals surface area contributed by atoms with Gasteiger partial charge < -0.3 is 10.4 Å². The number of hydrogen-bond donors (Lipinski definition) is 2. The number of nitrogens with zero attached hydrogens (tertiary/aromatic N) is 1. The van der Waals surface area contributed by atoms with E-state index in [4.69, 9.17) is 0 Å². The van der Waals surface area contributed by atoms with Crippen molar-refractivity contribution in [1.82, 2.24) is 4.90 Å². The maximum Gasteiger partial charge on any atom is 0.241 e. The van der Waals surface area contributed by atoms with Crippen LogP contribution in [0.2, 0.25) is 0 Å². The molecule has 116 valence electrons. The van der Waals surface area contributed by atoms with Crippen LogP contribution in [-0.2, 0) is 4.79 Å². The van der Waals surface area contributed by atoms with Gasteiger partial charge in [-0.1, -0.05) is 24.6 Å². The molecule has 1 unspecified atom stereocenters. The Kier molecular flexibility index (Phi) is 5.37. The number of β-amino-alcohol motifs (C(OH)–C–C–N with tert-alkyl or cyclic N) is 1. The summed E-state index contributed by atoms with van der Waals surface area (Å²) in [4.78, 5) is 14.7. The van der Waals surface area contributed by atoms with Gasteiger partial charge in [0.1, 0.15) is 0 Å². The van der Waals surface area contributed by atoms with Gasteiger partial charge >= 0.3 is 0 Å². The molecule has 4 heteroatoms. The van der Waals surface area contributed by atoms with Crippen molar-refractivity contribution in [3.63, 3.8) is 0 Å².